The van der Waals surface area contributed by atoms with Gasteiger partial charge in [-0.15, -0.1) is 10.2 Å². The summed E-state index contributed by atoms with van der Waals surface area (Å²) in [4.78, 5) is 0.878. The monoisotopic (exact) mass is 166 g/mol. The van der Waals surface area contributed by atoms with Gasteiger partial charge in [-0.05, 0) is 12.1 Å². The molecule has 0 radical (unpaired) electrons. The van der Waals surface area contributed by atoms with Gasteiger partial charge in [0, 0.05) is 0 Å². The Bertz CT molecular complexity index is 240. The fourth-order valence-electron chi connectivity index (χ4n) is 0.491. The van der Waals surface area contributed by atoms with Crippen molar-refractivity contribution in [1.29, 1.82) is 0 Å². The van der Waals surface area contributed by atoms with E-state index in [0.29, 0.717) is 0 Å². The minimum Gasteiger partial charge on any atom is -0.164 e. The number of rotatable bonds is 1. The summed E-state index contributed by atoms with van der Waals surface area (Å²) in [7, 11) is 0. The first-order chi connectivity index (χ1) is 5.04. The van der Waals surface area contributed by atoms with Gasteiger partial charge in [-0.1, -0.05) is 0 Å². The van der Waals surface area contributed by atoms with Crippen LogP contribution >= 0.6 is 0 Å². The lowest BCUT2D eigenvalue weighted by Crippen LogP contribution is -2.08. The molecule has 0 bridgehead atoms. The van der Waals surface area contributed by atoms with Gasteiger partial charge in [0.25, 0.3) is 5.82 Å². The highest BCUT2D eigenvalue weighted by Crippen LogP contribution is 2.24. The van der Waals surface area contributed by atoms with E-state index in [1.54, 1.807) is 6.92 Å². The van der Waals surface area contributed by atoms with Crippen molar-refractivity contribution in [2.45, 2.75) is 19.6 Å². The zero-order valence-corrected chi connectivity index (χ0v) is 5.63. The van der Waals surface area contributed by atoms with Crippen LogP contribution in [0.3, 0.4) is 0 Å². The molecule has 1 rings (SSSR count). The van der Waals surface area contributed by atoms with Crippen LogP contribution in [0.1, 0.15) is 12.7 Å². The second-order valence-electron chi connectivity index (χ2n) is 1.80. The third-order valence-electron chi connectivity index (χ3n) is 0.989. The largest absolute Gasteiger partial charge is 0.455 e. The van der Waals surface area contributed by atoms with Crippen LogP contribution in [0.4, 0.5) is 13.2 Å². The minimum atomic E-state index is -4.49. The van der Waals surface area contributed by atoms with Gasteiger partial charge in [-0.3, -0.25) is 0 Å². The van der Waals surface area contributed by atoms with Crippen molar-refractivity contribution in [2.75, 3.05) is 0 Å². The molecule has 0 amide bonds. The molecule has 0 saturated carbocycles. The zero-order valence-electron chi connectivity index (χ0n) is 5.63. The predicted octanol–water partition coefficient (Wildman–Crippen LogP) is 0.712. The lowest BCUT2D eigenvalue weighted by Gasteiger charge is -1.96. The van der Waals surface area contributed by atoms with Crippen molar-refractivity contribution in [3.8, 4) is 0 Å². The van der Waals surface area contributed by atoms with Gasteiger partial charge >= 0.3 is 6.18 Å². The summed E-state index contributed by atoms with van der Waals surface area (Å²) in [5.41, 5.74) is 0. The molecule has 0 aliphatic rings. The summed E-state index contributed by atoms with van der Waals surface area (Å²) < 4.78 is 35.3. The SMILES string of the molecule is CCn1nnc(C(F)(F)F)n1. The molecule has 0 saturated heterocycles. The normalized spacial score (nSPS) is 12.0. The Morgan fingerprint density at radius 3 is 2.36 bits per heavy atom. The van der Waals surface area contributed by atoms with Crippen LogP contribution in [0.25, 0.3) is 0 Å². The minimum absolute atomic E-state index is 0.281. The van der Waals surface area contributed by atoms with Gasteiger partial charge in [0.1, 0.15) is 0 Å². The standard InChI is InChI=1S/C4H5F3N4/c1-2-11-9-3(8-10-11)4(5,6)7/h2H2,1H3. The molecule has 11 heavy (non-hydrogen) atoms. The lowest BCUT2D eigenvalue weighted by molar-refractivity contribution is -0.145. The maximum Gasteiger partial charge on any atom is 0.455 e. The molecule has 1 aromatic heterocycles. The number of alkyl halides is 3. The Morgan fingerprint density at radius 1 is 1.45 bits per heavy atom. The van der Waals surface area contributed by atoms with Crippen LogP contribution in [-0.4, -0.2) is 20.2 Å². The maximum absolute atomic E-state index is 11.8. The van der Waals surface area contributed by atoms with Crippen LogP contribution in [0.2, 0.25) is 0 Å². The first-order valence-electron chi connectivity index (χ1n) is 2.89. The van der Waals surface area contributed by atoms with E-state index < -0.39 is 12.0 Å². The second kappa shape index (κ2) is 2.48. The van der Waals surface area contributed by atoms with E-state index in [2.05, 4.69) is 15.4 Å². The summed E-state index contributed by atoms with van der Waals surface area (Å²) in [6, 6.07) is 0. The van der Waals surface area contributed by atoms with E-state index in [1.807, 2.05) is 0 Å². The zero-order chi connectivity index (χ0) is 8.48. The highest BCUT2D eigenvalue weighted by atomic mass is 19.4. The Labute approximate surface area is 60.0 Å². The quantitative estimate of drug-likeness (QED) is 0.617. The van der Waals surface area contributed by atoms with Gasteiger partial charge in [0.15, 0.2) is 0 Å². The number of hydrogen-bond acceptors (Lipinski definition) is 3. The fourth-order valence-corrected chi connectivity index (χ4v) is 0.491. The van der Waals surface area contributed by atoms with Crippen LogP contribution in [0.15, 0.2) is 0 Å². The smallest absolute Gasteiger partial charge is 0.164 e. The Balaban J connectivity index is 2.89. The number of tetrazole rings is 1. The third-order valence-corrected chi connectivity index (χ3v) is 0.989. The summed E-state index contributed by atoms with van der Waals surface area (Å²) in [6.45, 7) is 1.91. The van der Waals surface area contributed by atoms with Crippen molar-refractivity contribution in [2.24, 2.45) is 0 Å². The number of aryl methyl sites for hydroxylation is 1. The van der Waals surface area contributed by atoms with E-state index in [-0.39, 0.29) is 6.54 Å². The fraction of sp³-hybridized carbons (Fsp3) is 0.750. The molecule has 0 aromatic carbocycles. The maximum atomic E-state index is 11.8. The first-order valence-corrected chi connectivity index (χ1v) is 2.89. The lowest BCUT2D eigenvalue weighted by atomic mass is 10.6. The molecule has 0 unspecified atom stereocenters. The Kier molecular flexibility index (Phi) is 1.79. The number of halogens is 3. The topological polar surface area (TPSA) is 43.6 Å². The van der Waals surface area contributed by atoms with Crippen molar-refractivity contribution >= 4 is 0 Å². The van der Waals surface area contributed by atoms with Crippen molar-refractivity contribution in [3.05, 3.63) is 5.82 Å². The Hall–Kier alpha value is -1.14. The van der Waals surface area contributed by atoms with E-state index >= 15 is 0 Å². The number of nitrogens with zero attached hydrogens (tertiary/aromatic N) is 4. The molecule has 0 aliphatic heterocycles. The van der Waals surface area contributed by atoms with E-state index in [0.717, 1.165) is 4.80 Å². The van der Waals surface area contributed by atoms with Crippen LogP contribution in [0, 0.1) is 0 Å². The third kappa shape index (κ3) is 1.66. The summed E-state index contributed by atoms with van der Waals surface area (Å²) in [5, 5.41) is 9.04. The molecular formula is C4H5F3N4. The van der Waals surface area contributed by atoms with Gasteiger partial charge in [-0.25, -0.2) is 0 Å². The summed E-state index contributed by atoms with van der Waals surface area (Å²) in [5.74, 6) is -1.20. The molecule has 4 nitrogen and oxygen atoms in total. The molecule has 1 aromatic rings. The molecule has 1 heterocycles. The molecule has 0 N–H and O–H groups in total. The number of aromatic nitrogens is 4. The number of hydrogen-bond donors (Lipinski definition) is 0. The van der Waals surface area contributed by atoms with E-state index in [4.69, 9.17) is 0 Å². The van der Waals surface area contributed by atoms with Gasteiger partial charge in [-0.2, -0.15) is 18.0 Å². The predicted molar refractivity (Wildman–Crippen MR) is 28.5 cm³/mol. The molecule has 7 heteroatoms. The van der Waals surface area contributed by atoms with Gasteiger partial charge in [0.2, 0.25) is 0 Å². The van der Waals surface area contributed by atoms with Crippen LogP contribution in [-0.2, 0) is 12.7 Å². The molecule has 0 aliphatic carbocycles. The molecule has 0 spiro atoms. The molecular weight excluding hydrogens is 161 g/mol. The molecule has 62 valence electrons. The Morgan fingerprint density at radius 2 is 2.09 bits per heavy atom. The van der Waals surface area contributed by atoms with E-state index in [9.17, 15) is 13.2 Å². The van der Waals surface area contributed by atoms with Crippen molar-refractivity contribution in [3.63, 3.8) is 0 Å². The second-order valence-corrected chi connectivity index (χ2v) is 1.80. The summed E-state index contributed by atoms with van der Waals surface area (Å²) in [6.07, 6.45) is -4.49. The van der Waals surface area contributed by atoms with Gasteiger partial charge < -0.3 is 0 Å². The average Bonchev–Trinajstić information content (AvgIpc) is 2.32. The van der Waals surface area contributed by atoms with Crippen molar-refractivity contribution < 1.29 is 13.2 Å². The highest BCUT2D eigenvalue weighted by Gasteiger charge is 2.36. The van der Waals surface area contributed by atoms with Crippen LogP contribution in [0.5, 0.6) is 0 Å². The van der Waals surface area contributed by atoms with Crippen molar-refractivity contribution in [1.82, 2.24) is 20.2 Å². The molecule has 0 atom stereocenters. The first kappa shape index (κ1) is 7.96. The summed E-state index contributed by atoms with van der Waals surface area (Å²) >= 11 is 0. The van der Waals surface area contributed by atoms with Crippen LogP contribution < -0.4 is 0 Å². The van der Waals surface area contributed by atoms with E-state index in [1.165, 1.54) is 0 Å². The highest BCUT2D eigenvalue weighted by molar-refractivity contribution is 4.82. The molecule has 0 fully saturated rings. The average molecular weight is 166 g/mol. The van der Waals surface area contributed by atoms with Gasteiger partial charge in [0.05, 0.1) is 6.54 Å².